The van der Waals surface area contributed by atoms with Crippen LogP contribution < -0.4 is 14.2 Å². The monoisotopic (exact) mass is 502 g/mol. The molecule has 0 amide bonds. The number of aromatic nitrogens is 2. The quantitative estimate of drug-likeness (QED) is 0.177. The van der Waals surface area contributed by atoms with Crippen molar-refractivity contribution in [2.75, 3.05) is 27.9 Å². The van der Waals surface area contributed by atoms with E-state index in [1.807, 2.05) is 30.3 Å². The number of hydrogen-bond donors (Lipinski definition) is 0. The summed E-state index contributed by atoms with van der Waals surface area (Å²) in [6, 6.07) is 11.5. The molecule has 2 aromatic heterocycles. The van der Waals surface area contributed by atoms with Crippen molar-refractivity contribution in [3.63, 3.8) is 0 Å². The van der Waals surface area contributed by atoms with Crippen LogP contribution in [0.1, 0.15) is 66.9 Å². The first-order chi connectivity index (χ1) is 17.9. The average Bonchev–Trinajstić information content (AvgIpc) is 2.92. The molecule has 0 radical (unpaired) electrons. The van der Waals surface area contributed by atoms with Gasteiger partial charge in [-0.25, -0.2) is 4.79 Å². The largest absolute Gasteiger partial charge is 0.497 e. The number of nitrogens with zero attached hydrogens (tertiary/aromatic N) is 2. The second-order valence-electron chi connectivity index (χ2n) is 9.43. The molecule has 4 aromatic rings. The fraction of sp³-hybridized carbons (Fsp3) is 0.367. The molecule has 4 rings (SSSR count). The van der Waals surface area contributed by atoms with Gasteiger partial charge in [0.25, 0.3) is 0 Å². The second-order valence-corrected chi connectivity index (χ2v) is 9.43. The highest BCUT2D eigenvalue weighted by molar-refractivity contribution is 6.04. The summed E-state index contributed by atoms with van der Waals surface area (Å²) >= 11 is 0. The summed E-state index contributed by atoms with van der Waals surface area (Å²) in [5, 5.41) is 1.91. The van der Waals surface area contributed by atoms with E-state index in [1.165, 1.54) is 0 Å². The summed E-state index contributed by atoms with van der Waals surface area (Å²) in [6.07, 6.45) is 5.09. The van der Waals surface area contributed by atoms with E-state index in [0.29, 0.717) is 35.6 Å². The molecule has 0 fully saturated rings. The van der Waals surface area contributed by atoms with Crippen molar-refractivity contribution in [2.45, 2.75) is 45.4 Å². The number of methoxy groups -OCH3 is 3. The van der Waals surface area contributed by atoms with Crippen molar-refractivity contribution < 1.29 is 23.7 Å². The molecule has 7 heteroatoms. The molecule has 0 aliphatic rings. The molecule has 194 valence electrons. The van der Waals surface area contributed by atoms with Crippen LogP contribution in [-0.2, 0) is 4.74 Å². The van der Waals surface area contributed by atoms with Gasteiger partial charge in [-0.15, -0.1) is 0 Å². The Morgan fingerprint density at radius 1 is 0.811 bits per heavy atom. The smallest absolute Gasteiger partial charge is 0.340 e. The van der Waals surface area contributed by atoms with Gasteiger partial charge in [0.05, 0.1) is 39.0 Å². The maximum Gasteiger partial charge on any atom is 0.340 e. The van der Waals surface area contributed by atoms with Crippen LogP contribution in [0.25, 0.3) is 21.8 Å². The SMILES string of the molecule is COc1cc(OC)c2nccc(C(C)CCCOC(=O)c3cc(OC)cc4c(C(C)C)ccnc34)c2c1. The minimum absolute atomic E-state index is 0.217. The molecule has 0 bridgehead atoms. The molecule has 2 aromatic carbocycles. The van der Waals surface area contributed by atoms with Gasteiger partial charge in [0, 0.05) is 29.2 Å². The summed E-state index contributed by atoms with van der Waals surface area (Å²) < 4.78 is 22.1. The highest BCUT2D eigenvalue weighted by Gasteiger charge is 2.19. The van der Waals surface area contributed by atoms with Gasteiger partial charge >= 0.3 is 5.97 Å². The van der Waals surface area contributed by atoms with Gasteiger partial charge in [0.2, 0.25) is 0 Å². The zero-order valence-corrected chi connectivity index (χ0v) is 22.3. The van der Waals surface area contributed by atoms with Crippen molar-refractivity contribution in [1.29, 1.82) is 0 Å². The second kappa shape index (κ2) is 11.5. The third-order valence-corrected chi connectivity index (χ3v) is 6.75. The number of carbonyl (C=O) groups is 1. The van der Waals surface area contributed by atoms with E-state index in [1.54, 1.807) is 39.8 Å². The van der Waals surface area contributed by atoms with Gasteiger partial charge in [0.1, 0.15) is 22.8 Å². The predicted molar refractivity (Wildman–Crippen MR) is 145 cm³/mol. The molecule has 1 atom stereocenters. The number of carbonyl (C=O) groups excluding carboxylic acids is 1. The third-order valence-electron chi connectivity index (χ3n) is 6.75. The summed E-state index contributed by atoms with van der Waals surface area (Å²) in [5.74, 6) is 2.12. The first-order valence-electron chi connectivity index (χ1n) is 12.5. The van der Waals surface area contributed by atoms with Crippen LogP contribution in [0, 0.1) is 0 Å². The zero-order valence-electron chi connectivity index (χ0n) is 22.3. The van der Waals surface area contributed by atoms with Crippen molar-refractivity contribution in [3.05, 3.63) is 65.5 Å². The van der Waals surface area contributed by atoms with E-state index in [4.69, 9.17) is 18.9 Å². The van der Waals surface area contributed by atoms with Crippen molar-refractivity contribution >= 4 is 27.8 Å². The van der Waals surface area contributed by atoms with E-state index in [2.05, 4.69) is 30.7 Å². The topological polar surface area (TPSA) is 79.8 Å². The minimum Gasteiger partial charge on any atom is -0.497 e. The Labute approximate surface area is 217 Å². The molecule has 0 N–H and O–H groups in total. The number of rotatable bonds is 10. The Morgan fingerprint density at radius 2 is 1.43 bits per heavy atom. The van der Waals surface area contributed by atoms with Gasteiger partial charge < -0.3 is 18.9 Å². The van der Waals surface area contributed by atoms with Crippen molar-refractivity contribution in [1.82, 2.24) is 9.97 Å². The highest BCUT2D eigenvalue weighted by atomic mass is 16.5. The summed E-state index contributed by atoms with van der Waals surface area (Å²) in [6.45, 7) is 6.70. The normalized spacial score (nSPS) is 12.1. The molecule has 0 spiro atoms. The minimum atomic E-state index is -0.395. The molecular formula is C30H34N2O5. The van der Waals surface area contributed by atoms with Crippen LogP contribution in [-0.4, -0.2) is 43.9 Å². The van der Waals surface area contributed by atoms with E-state index in [0.717, 1.165) is 39.6 Å². The summed E-state index contributed by atoms with van der Waals surface area (Å²) in [5.41, 5.74) is 4.13. The molecule has 0 aliphatic heterocycles. The lowest BCUT2D eigenvalue weighted by Crippen LogP contribution is -2.09. The first kappa shape index (κ1) is 26.2. The number of esters is 1. The van der Waals surface area contributed by atoms with Crippen LogP contribution in [0.4, 0.5) is 0 Å². The molecule has 0 saturated heterocycles. The fourth-order valence-electron chi connectivity index (χ4n) is 4.73. The summed E-state index contributed by atoms with van der Waals surface area (Å²) in [4.78, 5) is 22.1. The molecule has 0 saturated carbocycles. The van der Waals surface area contributed by atoms with Crippen LogP contribution >= 0.6 is 0 Å². The van der Waals surface area contributed by atoms with E-state index < -0.39 is 5.97 Å². The van der Waals surface area contributed by atoms with E-state index >= 15 is 0 Å². The lowest BCUT2D eigenvalue weighted by atomic mass is 9.93. The Morgan fingerprint density at radius 3 is 2.08 bits per heavy atom. The number of ether oxygens (including phenoxy) is 4. The molecule has 7 nitrogen and oxygen atoms in total. The van der Waals surface area contributed by atoms with Crippen LogP contribution in [0.15, 0.2) is 48.8 Å². The van der Waals surface area contributed by atoms with Crippen LogP contribution in [0.2, 0.25) is 0 Å². The Balaban J connectivity index is 1.48. The van der Waals surface area contributed by atoms with Crippen LogP contribution in [0.5, 0.6) is 17.2 Å². The zero-order chi connectivity index (χ0) is 26.5. The maximum atomic E-state index is 13.1. The van der Waals surface area contributed by atoms with Gasteiger partial charge in [-0.2, -0.15) is 0 Å². The predicted octanol–water partition coefficient (Wildman–Crippen LogP) is 6.67. The fourth-order valence-corrected chi connectivity index (χ4v) is 4.73. The van der Waals surface area contributed by atoms with Crippen LogP contribution in [0.3, 0.4) is 0 Å². The number of hydrogen-bond acceptors (Lipinski definition) is 7. The molecule has 37 heavy (non-hydrogen) atoms. The van der Waals surface area contributed by atoms with E-state index in [-0.39, 0.29) is 11.8 Å². The molecule has 1 unspecified atom stereocenters. The Hall–Kier alpha value is -3.87. The average molecular weight is 503 g/mol. The summed E-state index contributed by atoms with van der Waals surface area (Å²) in [7, 11) is 4.86. The molecule has 2 heterocycles. The standard InChI is InChI=1S/C30H34N2O5/c1-18(2)22-9-11-31-28-24(22)14-20(34-4)16-26(28)30(33)37-13-7-8-19(3)23-10-12-32-29-25(23)15-21(35-5)17-27(29)36-6/h9-12,14-19H,7-8,13H2,1-6H3. The van der Waals surface area contributed by atoms with Gasteiger partial charge in [-0.05, 0) is 66.1 Å². The van der Waals surface area contributed by atoms with Gasteiger partial charge in [-0.3, -0.25) is 9.97 Å². The van der Waals surface area contributed by atoms with Gasteiger partial charge in [-0.1, -0.05) is 20.8 Å². The number of benzene rings is 2. The lowest BCUT2D eigenvalue weighted by molar-refractivity contribution is 0.0498. The first-order valence-corrected chi connectivity index (χ1v) is 12.5. The third kappa shape index (κ3) is 5.45. The maximum absolute atomic E-state index is 13.1. The molecule has 0 aliphatic carbocycles. The van der Waals surface area contributed by atoms with E-state index in [9.17, 15) is 4.79 Å². The van der Waals surface area contributed by atoms with Crippen molar-refractivity contribution in [2.24, 2.45) is 0 Å². The molecular weight excluding hydrogens is 468 g/mol. The highest BCUT2D eigenvalue weighted by Crippen LogP contribution is 2.35. The number of pyridine rings is 2. The lowest BCUT2D eigenvalue weighted by Gasteiger charge is -2.17. The number of fused-ring (bicyclic) bond motifs is 2. The van der Waals surface area contributed by atoms with Crippen molar-refractivity contribution in [3.8, 4) is 17.2 Å². The Bertz CT molecular complexity index is 1420. The Kier molecular flexibility index (Phi) is 8.11. The van der Waals surface area contributed by atoms with Gasteiger partial charge in [0.15, 0.2) is 0 Å².